The van der Waals surface area contributed by atoms with Crippen molar-refractivity contribution in [2.75, 3.05) is 0 Å². The monoisotopic (exact) mass is 770 g/mol. The fourth-order valence-electron chi connectivity index (χ4n) is 6.26. The van der Waals surface area contributed by atoms with Crippen molar-refractivity contribution < 1.29 is 22.7 Å². The minimum absolute atomic E-state index is 0.709. The van der Waals surface area contributed by atoms with E-state index in [-0.39, 0.29) is 0 Å². The molecule has 0 unspecified atom stereocenters. The van der Waals surface area contributed by atoms with Gasteiger partial charge in [-0.25, -0.2) is 4.70 Å². The molecule has 0 N–H and O–H groups in total. The molecule has 0 bridgehead atoms. The number of allylic oxidation sites excluding steroid dienone is 4. The summed E-state index contributed by atoms with van der Waals surface area (Å²) < 4.78 is 6.18. The van der Waals surface area contributed by atoms with Gasteiger partial charge in [-0.05, 0) is 73.9 Å². The Hall–Kier alpha value is -2.34. The molecule has 0 saturated carbocycles. The Balaban J connectivity index is 0.000000394. The third-order valence-electron chi connectivity index (χ3n) is 9.41. The third kappa shape index (κ3) is 18.2. The summed E-state index contributed by atoms with van der Waals surface area (Å²) in [5.74, 6) is 0. The van der Waals surface area contributed by atoms with Crippen molar-refractivity contribution in [2.24, 2.45) is 0 Å². The van der Waals surface area contributed by atoms with Crippen LogP contribution in [-0.4, -0.2) is 4.70 Å². The topological polar surface area (TPSA) is 25.3 Å². The second-order valence-corrected chi connectivity index (χ2v) is 15.5. The molecule has 3 rings (SSSR count). The molecule has 50 heavy (non-hydrogen) atoms. The van der Waals surface area contributed by atoms with Crippen molar-refractivity contribution in [3.63, 3.8) is 0 Å². The number of unbranched alkanes of at least 4 members (excludes halogenated alkanes) is 14. The average molecular weight is 772 g/mol. The van der Waals surface area contributed by atoms with E-state index in [2.05, 4.69) is 110 Å². The molecule has 1 heterocycles. The van der Waals surface area contributed by atoms with Gasteiger partial charge in [-0.2, -0.15) is 0 Å². The van der Waals surface area contributed by atoms with Crippen LogP contribution < -0.4 is 0 Å². The molecule has 1 aliphatic rings. The van der Waals surface area contributed by atoms with Crippen molar-refractivity contribution in [3.05, 3.63) is 109 Å². The molecule has 0 radical (unpaired) electrons. The van der Waals surface area contributed by atoms with Gasteiger partial charge in [0.25, 0.3) is 0 Å². The zero-order chi connectivity index (χ0) is 36.1. The summed E-state index contributed by atoms with van der Waals surface area (Å²) in [4.78, 5) is 0. The Morgan fingerprint density at radius 1 is 0.540 bits per heavy atom. The predicted molar refractivity (Wildman–Crippen MR) is 218 cm³/mol. The van der Waals surface area contributed by atoms with Gasteiger partial charge in [0.15, 0.2) is 0 Å². The van der Waals surface area contributed by atoms with Crippen LogP contribution in [0, 0.1) is 0 Å². The molecule has 1 aliphatic heterocycles. The molecule has 0 spiro atoms. The van der Waals surface area contributed by atoms with E-state index in [0.29, 0.717) is 18.0 Å². The summed E-state index contributed by atoms with van der Waals surface area (Å²) in [6, 6.07) is 17.5. The number of aryl methyl sites for hydroxylation is 2. The van der Waals surface area contributed by atoms with Gasteiger partial charge in [-0.1, -0.05) is 70.7 Å². The first kappa shape index (κ1) is 43.8. The second-order valence-electron chi connectivity index (χ2n) is 14.0. The van der Waals surface area contributed by atoms with Crippen molar-refractivity contribution in [1.82, 2.24) is 0 Å². The molecule has 0 amide bonds. The Labute approximate surface area is 317 Å². The fraction of sp³-hybridized carbons (Fsp3) is 0.574. The van der Waals surface area contributed by atoms with Gasteiger partial charge < -0.3 is 5.53 Å². The maximum atomic E-state index is 11.2. The van der Waals surface area contributed by atoms with E-state index < -0.39 is 0 Å². The fourth-order valence-corrected chi connectivity index (χ4v) is 7.37. The Bertz CT molecular complexity index is 1270. The normalized spacial score (nSPS) is 13.1. The van der Waals surface area contributed by atoms with E-state index in [0.717, 1.165) is 54.6 Å². The molecule has 2 aromatic carbocycles. The summed E-state index contributed by atoms with van der Waals surface area (Å²) in [5, 5.41) is 0. The predicted octanol–water partition coefficient (Wildman–Crippen LogP) is 15.6. The van der Waals surface area contributed by atoms with E-state index in [1.54, 1.807) is 0 Å². The van der Waals surface area contributed by atoms with E-state index in [1.807, 2.05) is 0 Å². The van der Waals surface area contributed by atoms with E-state index in [4.69, 9.17) is 0 Å². The number of hydrogen-bond acceptors (Lipinski definition) is 0. The van der Waals surface area contributed by atoms with E-state index in [1.165, 1.54) is 131 Å². The molecular weight excluding hydrogens is 699 g/mol. The summed E-state index contributed by atoms with van der Waals surface area (Å²) in [7, 11) is 0. The van der Waals surface area contributed by atoms with Crippen molar-refractivity contribution in [3.8, 4) is 0 Å². The first-order valence-electron chi connectivity index (χ1n) is 20.6. The third-order valence-corrected chi connectivity index (χ3v) is 10.7. The largest absolute Gasteiger partial charge is 0.493 e. The molecular formula is C47H72N2Pd. The Kier molecular flexibility index (Phi) is 25.6. The van der Waals surface area contributed by atoms with Gasteiger partial charge in [-0.15, -0.1) is 0 Å². The summed E-state index contributed by atoms with van der Waals surface area (Å²) in [6.07, 6.45) is 35.1. The van der Waals surface area contributed by atoms with Crippen LogP contribution in [0.1, 0.15) is 185 Å². The second kappa shape index (κ2) is 29.3. The number of benzene rings is 2. The van der Waals surface area contributed by atoms with Gasteiger partial charge in [0.05, 0.1) is 0 Å². The SMILES string of the molecule is CCCCCCCC=[CH][Pd][CH]=CCCCCCCC.CCCCCc1ccc(C2=C(CCCC)C=C(c3cccc(CCCC)c3)[N+]2=[N-])cc1. The maximum Gasteiger partial charge on any atom is 0.210 e. The molecule has 0 atom stereocenters. The van der Waals surface area contributed by atoms with Crippen LogP contribution in [0.2, 0.25) is 0 Å². The van der Waals surface area contributed by atoms with Gasteiger partial charge in [0, 0.05) is 22.8 Å². The quantitative estimate of drug-likeness (QED) is 0.0517. The van der Waals surface area contributed by atoms with Crippen molar-refractivity contribution in [2.45, 2.75) is 176 Å². The van der Waals surface area contributed by atoms with Crippen LogP contribution in [0.5, 0.6) is 0 Å². The molecule has 2 nitrogen and oxygen atoms in total. The van der Waals surface area contributed by atoms with Crippen LogP contribution >= 0.6 is 0 Å². The zero-order valence-corrected chi connectivity index (χ0v) is 34.3. The van der Waals surface area contributed by atoms with Crippen LogP contribution in [0.3, 0.4) is 0 Å². The van der Waals surface area contributed by atoms with Crippen molar-refractivity contribution >= 4 is 11.4 Å². The molecule has 3 heteroatoms. The summed E-state index contributed by atoms with van der Waals surface area (Å²) in [5.41, 5.74) is 19.2. The number of nitrogens with zero attached hydrogens (tertiary/aromatic N) is 2. The maximum absolute atomic E-state index is 11.2. The molecule has 0 fully saturated rings. The summed E-state index contributed by atoms with van der Waals surface area (Å²) >= 11 is 0.709. The standard InChI is InChI=1S/C29H38N2.2C9H17.Pd/c1-4-7-10-13-23-17-19-25(20-18-23)29-27(15-9-6-3)22-28(31(29)30)26-16-11-14-24(21-26)12-8-5-2;2*1-3-5-7-9-8-6-4-2;/h11,14,16-22H,4-10,12-13,15H2,1-3H3;2*1,3H,4-9H2,2H3;. The van der Waals surface area contributed by atoms with Crippen molar-refractivity contribution in [1.29, 1.82) is 0 Å². The van der Waals surface area contributed by atoms with Crippen LogP contribution in [0.15, 0.2) is 81.4 Å². The van der Waals surface area contributed by atoms with Gasteiger partial charge in [-0.3, -0.25) is 0 Å². The zero-order valence-electron chi connectivity index (χ0n) is 32.8. The van der Waals surface area contributed by atoms with E-state index in [9.17, 15) is 5.53 Å². The minimum Gasteiger partial charge on any atom is -0.493 e. The first-order chi connectivity index (χ1) is 24.6. The Morgan fingerprint density at radius 3 is 1.68 bits per heavy atom. The van der Waals surface area contributed by atoms with Crippen LogP contribution in [0.25, 0.3) is 16.9 Å². The van der Waals surface area contributed by atoms with Crippen LogP contribution in [-0.2, 0) is 30.8 Å². The number of hydrogen-bond donors (Lipinski definition) is 0. The molecule has 2 aromatic rings. The summed E-state index contributed by atoms with van der Waals surface area (Å²) in [6.45, 7) is 11.2. The van der Waals surface area contributed by atoms with Gasteiger partial charge in [0.1, 0.15) is 0 Å². The smallest absolute Gasteiger partial charge is 0.210 e. The average Bonchev–Trinajstić information content (AvgIpc) is 3.47. The van der Waals surface area contributed by atoms with Crippen LogP contribution in [0.4, 0.5) is 0 Å². The molecule has 0 aromatic heterocycles. The minimum atomic E-state index is 0.709. The molecule has 280 valence electrons. The van der Waals surface area contributed by atoms with Gasteiger partial charge in [0.2, 0.25) is 11.4 Å². The first-order valence-corrected chi connectivity index (χ1v) is 22.4. The van der Waals surface area contributed by atoms with E-state index >= 15 is 0 Å². The molecule has 0 saturated heterocycles. The Morgan fingerprint density at radius 2 is 1.08 bits per heavy atom. The number of rotatable bonds is 26. The molecule has 0 aliphatic carbocycles. The van der Waals surface area contributed by atoms with Gasteiger partial charge >= 0.3 is 130 Å².